The third kappa shape index (κ3) is 2.44. The lowest BCUT2D eigenvalue weighted by Crippen LogP contribution is -2.21. The molecule has 3 rings (SSSR count). The van der Waals surface area contributed by atoms with Gasteiger partial charge in [-0.3, -0.25) is 4.90 Å². The van der Waals surface area contributed by atoms with E-state index in [0.29, 0.717) is 18.3 Å². The topological polar surface area (TPSA) is 55.3 Å². The second-order valence-corrected chi connectivity index (χ2v) is 5.01. The summed E-state index contributed by atoms with van der Waals surface area (Å²) in [5, 5.41) is 4.92. The lowest BCUT2D eigenvalue weighted by Gasteiger charge is -2.20. The number of hydrogen-bond acceptors (Lipinski definition) is 5. The van der Waals surface area contributed by atoms with Crippen LogP contribution in [0.15, 0.2) is 39.3 Å². The Bertz CT molecular complexity index is 684. The Hall–Kier alpha value is -2.14. The van der Waals surface area contributed by atoms with Crippen LogP contribution < -0.4 is 0 Å². The summed E-state index contributed by atoms with van der Waals surface area (Å²) >= 11 is 0. The van der Waals surface area contributed by atoms with Crippen LogP contribution in [0.25, 0.3) is 11.0 Å². The predicted octanol–water partition coefficient (Wildman–Crippen LogP) is 3.32. The molecule has 0 radical (unpaired) electrons. The molecule has 0 saturated heterocycles. The van der Waals surface area contributed by atoms with E-state index in [1.165, 1.54) is 0 Å². The van der Waals surface area contributed by atoms with Crippen LogP contribution in [0.4, 0.5) is 0 Å². The monoisotopic (exact) mass is 271 g/mol. The number of fused-ring (bicyclic) bond motifs is 1. The van der Waals surface area contributed by atoms with Gasteiger partial charge in [0.2, 0.25) is 5.89 Å². The minimum absolute atomic E-state index is 0.134. The van der Waals surface area contributed by atoms with Gasteiger partial charge in [0.15, 0.2) is 5.82 Å². The Balaban J connectivity index is 1.78. The summed E-state index contributed by atoms with van der Waals surface area (Å²) in [6, 6.07) is 10.2. The number of aryl methyl sites for hydroxylation is 1. The van der Waals surface area contributed by atoms with Gasteiger partial charge < -0.3 is 8.94 Å². The van der Waals surface area contributed by atoms with Crippen LogP contribution in [-0.2, 0) is 6.54 Å². The highest BCUT2D eigenvalue weighted by molar-refractivity contribution is 5.77. The molecule has 1 aromatic carbocycles. The summed E-state index contributed by atoms with van der Waals surface area (Å²) in [5.74, 6) is 2.21. The standard InChI is InChI=1S/C15H17N3O2/c1-10(18(3)9-15-16-11(2)17-20-15)14-8-12-6-4-5-7-13(12)19-14/h4-8,10H,9H2,1-3H3. The zero-order valence-corrected chi connectivity index (χ0v) is 11.8. The van der Waals surface area contributed by atoms with Crippen molar-refractivity contribution in [1.82, 2.24) is 15.0 Å². The Morgan fingerprint density at radius 2 is 2.10 bits per heavy atom. The fourth-order valence-corrected chi connectivity index (χ4v) is 2.18. The molecule has 0 amide bonds. The number of hydrogen-bond donors (Lipinski definition) is 0. The Labute approximate surface area is 117 Å². The lowest BCUT2D eigenvalue weighted by atomic mass is 10.2. The molecule has 0 aliphatic heterocycles. The van der Waals surface area contributed by atoms with E-state index >= 15 is 0 Å². The molecule has 0 spiro atoms. The number of aromatic nitrogens is 2. The fraction of sp³-hybridized carbons (Fsp3) is 0.333. The molecule has 5 nitrogen and oxygen atoms in total. The highest BCUT2D eigenvalue weighted by Gasteiger charge is 2.18. The van der Waals surface area contributed by atoms with Crippen LogP contribution in [0.5, 0.6) is 0 Å². The minimum atomic E-state index is 0.134. The number of benzene rings is 1. The SMILES string of the molecule is Cc1noc(CN(C)C(C)c2cc3ccccc3o2)n1. The molecule has 2 heterocycles. The van der Waals surface area contributed by atoms with E-state index in [1.54, 1.807) is 0 Å². The van der Waals surface area contributed by atoms with E-state index in [1.807, 2.05) is 32.2 Å². The van der Waals surface area contributed by atoms with Crippen molar-refractivity contribution in [3.8, 4) is 0 Å². The first-order chi connectivity index (χ1) is 9.63. The van der Waals surface area contributed by atoms with E-state index in [4.69, 9.17) is 8.94 Å². The second kappa shape index (κ2) is 5.09. The van der Waals surface area contributed by atoms with Gasteiger partial charge in [0.1, 0.15) is 11.3 Å². The first-order valence-corrected chi connectivity index (χ1v) is 6.61. The molecule has 3 aromatic rings. The largest absolute Gasteiger partial charge is 0.459 e. The van der Waals surface area contributed by atoms with Crippen LogP contribution in [0.3, 0.4) is 0 Å². The fourth-order valence-electron chi connectivity index (χ4n) is 2.18. The number of nitrogens with zero attached hydrogens (tertiary/aromatic N) is 3. The second-order valence-electron chi connectivity index (χ2n) is 5.01. The predicted molar refractivity (Wildman–Crippen MR) is 75.1 cm³/mol. The summed E-state index contributed by atoms with van der Waals surface area (Å²) in [5.41, 5.74) is 0.913. The number of rotatable bonds is 4. The van der Waals surface area contributed by atoms with Crippen molar-refractivity contribution >= 4 is 11.0 Å². The molecule has 0 fully saturated rings. The molecular formula is C15H17N3O2. The maximum atomic E-state index is 5.89. The smallest absolute Gasteiger partial charge is 0.240 e. The summed E-state index contributed by atoms with van der Waals surface area (Å²) in [4.78, 5) is 6.34. The van der Waals surface area contributed by atoms with E-state index in [-0.39, 0.29) is 6.04 Å². The van der Waals surface area contributed by atoms with E-state index < -0.39 is 0 Å². The van der Waals surface area contributed by atoms with Gasteiger partial charge in [-0.1, -0.05) is 23.4 Å². The van der Waals surface area contributed by atoms with Crippen molar-refractivity contribution in [2.24, 2.45) is 0 Å². The van der Waals surface area contributed by atoms with Gasteiger partial charge >= 0.3 is 0 Å². The number of para-hydroxylation sites is 1. The van der Waals surface area contributed by atoms with E-state index in [2.05, 4.69) is 34.1 Å². The molecule has 0 N–H and O–H groups in total. The van der Waals surface area contributed by atoms with Gasteiger partial charge in [-0.25, -0.2) is 0 Å². The van der Waals surface area contributed by atoms with Gasteiger partial charge in [0.25, 0.3) is 0 Å². The molecular weight excluding hydrogens is 254 g/mol. The highest BCUT2D eigenvalue weighted by atomic mass is 16.5. The lowest BCUT2D eigenvalue weighted by molar-refractivity contribution is 0.198. The molecule has 20 heavy (non-hydrogen) atoms. The third-order valence-corrected chi connectivity index (χ3v) is 3.47. The van der Waals surface area contributed by atoms with Crippen LogP contribution in [0.1, 0.15) is 30.4 Å². The highest BCUT2D eigenvalue weighted by Crippen LogP contribution is 2.27. The summed E-state index contributed by atoms with van der Waals surface area (Å²) in [6.07, 6.45) is 0. The van der Waals surface area contributed by atoms with Gasteiger partial charge in [-0.2, -0.15) is 4.98 Å². The van der Waals surface area contributed by atoms with Gasteiger partial charge in [0.05, 0.1) is 12.6 Å². The first-order valence-electron chi connectivity index (χ1n) is 6.61. The van der Waals surface area contributed by atoms with Crippen molar-refractivity contribution in [1.29, 1.82) is 0 Å². The van der Waals surface area contributed by atoms with E-state index in [9.17, 15) is 0 Å². The summed E-state index contributed by atoms with van der Waals surface area (Å²) in [6.45, 7) is 4.51. The molecule has 0 saturated carbocycles. The molecule has 1 unspecified atom stereocenters. The van der Waals surface area contributed by atoms with Crippen molar-refractivity contribution < 1.29 is 8.94 Å². The van der Waals surface area contributed by atoms with E-state index in [0.717, 1.165) is 16.7 Å². The van der Waals surface area contributed by atoms with Crippen molar-refractivity contribution in [3.63, 3.8) is 0 Å². The maximum Gasteiger partial charge on any atom is 0.240 e. The Morgan fingerprint density at radius 1 is 1.30 bits per heavy atom. The van der Waals surface area contributed by atoms with Crippen LogP contribution in [0.2, 0.25) is 0 Å². The Kier molecular flexibility index (Phi) is 3.28. The minimum Gasteiger partial charge on any atom is -0.459 e. The molecule has 2 aromatic heterocycles. The van der Waals surface area contributed by atoms with Crippen molar-refractivity contribution in [2.75, 3.05) is 7.05 Å². The molecule has 104 valence electrons. The summed E-state index contributed by atoms with van der Waals surface area (Å²) < 4.78 is 11.0. The van der Waals surface area contributed by atoms with Gasteiger partial charge in [-0.05, 0) is 33.0 Å². The maximum absolute atomic E-state index is 5.89. The average molecular weight is 271 g/mol. The van der Waals surface area contributed by atoms with Crippen molar-refractivity contribution in [2.45, 2.75) is 26.4 Å². The van der Waals surface area contributed by atoms with Crippen molar-refractivity contribution in [3.05, 3.63) is 47.8 Å². The zero-order valence-electron chi connectivity index (χ0n) is 11.8. The molecule has 0 bridgehead atoms. The van der Waals surface area contributed by atoms with Crippen LogP contribution in [-0.4, -0.2) is 22.1 Å². The number of furan rings is 1. The molecule has 0 aliphatic carbocycles. The first kappa shape index (κ1) is 12.9. The normalized spacial score (nSPS) is 13.2. The van der Waals surface area contributed by atoms with Gasteiger partial charge in [-0.15, -0.1) is 0 Å². The zero-order chi connectivity index (χ0) is 14.1. The van der Waals surface area contributed by atoms with Crippen LogP contribution >= 0.6 is 0 Å². The third-order valence-electron chi connectivity index (χ3n) is 3.47. The van der Waals surface area contributed by atoms with Crippen LogP contribution in [0, 0.1) is 6.92 Å². The Morgan fingerprint density at radius 3 is 2.80 bits per heavy atom. The molecule has 0 aliphatic rings. The summed E-state index contributed by atoms with van der Waals surface area (Å²) in [7, 11) is 2.01. The average Bonchev–Trinajstić information content (AvgIpc) is 3.03. The molecule has 5 heteroatoms. The quantitative estimate of drug-likeness (QED) is 0.728. The van der Waals surface area contributed by atoms with Gasteiger partial charge in [0, 0.05) is 5.39 Å². The molecule has 1 atom stereocenters.